The summed E-state index contributed by atoms with van der Waals surface area (Å²) in [5.74, 6) is 0.997. The van der Waals surface area contributed by atoms with E-state index in [4.69, 9.17) is 0 Å². The molecule has 2 aromatic carbocycles. The fraction of sp³-hybridized carbons (Fsp3) is 0.333. The molecule has 4 nitrogen and oxygen atoms in total. The number of anilines is 1. The third-order valence-electron chi connectivity index (χ3n) is 4.82. The standard InChI is InChI=1S/C21H25N3O/c1-15-9-10-19-17(11-15)20(24-14-23-19)22-12-18(21(2,3)13-25)16-7-5-4-6-8-16/h4-11,14,18,25H,12-13H2,1-3H3,(H,22,23,24). The number of hydrogen-bond donors (Lipinski definition) is 2. The molecule has 130 valence electrons. The van der Waals surface area contributed by atoms with Crippen LogP contribution in [0.1, 0.15) is 30.9 Å². The molecule has 1 unspecified atom stereocenters. The van der Waals surface area contributed by atoms with Gasteiger partial charge in [-0.25, -0.2) is 9.97 Å². The number of rotatable bonds is 6. The topological polar surface area (TPSA) is 58.0 Å². The third-order valence-corrected chi connectivity index (χ3v) is 4.82. The summed E-state index contributed by atoms with van der Waals surface area (Å²) in [6, 6.07) is 16.5. The van der Waals surface area contributed by atoms with E-state index in [9.17, 15) is 5.11 Å². The molecule has 25 heavy (non-hydrogen) atoms. The van der Waals surface area contributed by atoms with Crippen molar-refractivity contribution in [3.8, 4) is 0 Å². The molecule has 0 fully saturated rings. The lowest BCUT2D eigenvalue weighted by molar-refractivity contribution is 0.134. The summed E-state index contributed by atoms with van der Waals surface area (Å²) >= 11 is 0. The molecule has 4 heteroatoms. The minimum absolute atomic E-state index is 0.123. The second-order valence-electron chi connectivity index (χ2n) is 7.23. The minimum Gasteiger partial charge on any atom is -0.396 e. The molecule has 0 spiro atoms. The van der Waals surface area contributed by atoms with E-state index < -0.39 is 0 Å². The van der Waals surface area contributed by atoms with Gasteiger partial charge >= 0.3 is 0 Å². The highest BCUT2D eigenvalue weighted by Crippen LogP contribution is 2.35. The molecule has 0 saturated heterocycles. The molecule has 0 bridgehead atoms. The van der Waals surface area contributed by atoms with E-state index in [1.165, 1.54) is 11.1 Å². The molecule has 1 aromatic heterocycles. The van der Waals surface area contributed by atoms with E-state index in [1.807, 2.05) is 24.3 Å². The van der Waals surface area contributed by atoms with Gasteiger partial charge in [0.25, 0.3) is 0 Å². The Morgan fingerprint density at radius 1 is 1.08 bits per heavy atom. The first-order valence-electron chi connectivity index (χ1n) is 8.62. The summed E-state index contributed by atoms with van der Waals surface area (Å²) < 4.78 is 0. The summed E-state index contributed by atoms with van der Waals surface area (Å²) in [7, 11) is 0. The normalized spacial score (nSPS) is 13.0. The first-order valence-corrected chi connectivity index (χ1v) is 8.62. The highest BCUT2D eigenvalue weighted by Gasteiger charge is 2.30. The van der Waals surface area contributed by atoms with Crippen molar-refractivity contribution in [1.29, 1.82) is 0 Å². The Labute approximate surface area is 149 Å². The number of aromatic nitrogens is 2. The average Bonchev–Trinajstić information content (AvgIpc) is 2.63. The van der Waals surface area contributed by atoms with Crippen LogP contribution in [-0.4, -0.2) is 28.2 Å². The highest BCUT2D eigenvalue weighted by atomic mass is 16.3. The Balaban J connectivity index is 1.91. The quantitative estimate of drug-likeness (QED) is 0.710. The fourth-order valence-electron chi connectivity index (χ4n) is 3.15. The van der Waals surface area contributed by atoms with Crippen LogP contribution in [0.2, 0.25) is 0 Å². The van der Waals surface area contributed by atoms with Crippen molar-refractivity contribution in [2.75, 3.05) is 18.5 Å². The molecular weight excluding hydrogens is 310 g/mol. The number of fused-ring (bicyclic) bond motifs is 1. The van der Waals surface area contributed by atoms with Crippen LogP contribution in [0.3, 0.4) is 0 Å². The molecule has 0 radical (unpaired) electrons. The van der Waals surface area contributed by atoms with Gasteiger partial charge in [-0.1, -0.05) is 55.8 Å². The number of nitrogens with zero attached hydrogens (tertiary/aromatic N) is 2. The molecule has 3 rings (SSSR count). The first kappa shape index (κ1) is 17.4. The molecule has 3 aromatic rings. The van der Waals surface area contributed by atoms with E-state index in [-0.39, 0.29) is 17.9 Å². The van der Waals surface area contributed by atoms with Crippen LogP contribution >= 0.6 is 0 Å². The van der Waals surface area contributed by atoms with Crippen molar-refractivity contribution in [1.82, 2.24) is 9.97 Å². The molecule has 0 amide bonds. The Morgan fingerprint density at radius 3 is 2.56 bits per heavy atom. The molecule has 0 aliphatic rings. The largest absolute Gasteiger partial charge is 0.396 e. The Morgan fingerprint density at radius 2 is 1.84 bits per heavy atom. The Hall–Kier alpha value is -2.46. The predicted octanol–water partition coefficient (Wildman–Crippen LogP) is 4.15. The monoisotopic (exact) mass is 335 g/mol. The summed E-state index contributed by atoms with van der Waals surface area (Å²) in [5, 5.41) is 14.4. The summed E-state index contributed by atoms with van der Waals surface area (Å²) in [6.45, 7) is 7.07. The Bertz CT molecular complexity index is 846. The van der Waals surface area contributed by atoms with Crippen molar-refractivity contribution in [2.45, 2.75) is 26.7 Å². The lowest BCUT2D eigenvalue weighted by Gasteiger charge is -2.33. The number of aliphatic hydroxyl groups excluding tert-OH is 1. The second kappa shape index (κ2) is 7.19. The van der Waals surface area contributed by atoms with Crippen LogP contribution in [0.4, 0.5) is 5.82 Å². The van der Waals surface area contributed by atoms with Crippen molar-refractivity contribution in [2.24, 2.45) is 5.41 Å². The molecular formula is C21H25N3O. The van der Waals surface area contributed by atoms with E-state index in [1.54, 1.807) is 6.33 Å². The van der Waals surface area contributed by atoms with Crippen LogP contribution in [0.15, 0.2) is 54.9 Å². The van der Waals surface area contributed by atoms with Gasteiger partial charge in [0.2, 0.25) is 0 Å². The van der Waals surface area contributed by atoms with Gasteiger partial charge in [0.1, 0.15) is 12.1 Å². The van der Waals surface area contributed by atoms with Crippen molar-refractivity contribution >= 4 is 16.7 Å². The summed E-state index contributed by atoms with van der Waals surface area (Å²) in [5.41, 5.74) is 3.08. The maximum atomic E-state index is 9.88. The van der Waals surface area contributed by atoms with Gasteiger partial charge in [-0.3, -0.25) is 0 Å². The fourth-order valence-corrected chi connectivity index (χ4v) is 3.15. The van der Waals surface area contributed by atoms with Gasteiger partial charge in [-0.2, -0.15) is 0 Å². The van der Waals surface area contributed by atoms with Gasteiger partial charge in [0.05, 0.1) is 5.52 Å². The zero-order chi connectivity index (χ0) is 17.9. The van der Waals surface area contributed by atoms with Crippen molar-refractivity contribution in [3.05, 3.63) is 66.0 Å². The molecule has 0 aliphatic carbocycles. The van der Waals surface area contributed by atoms with Crippen LogP contribution in [0, 0.1) is 12.3 Å². The van der Waals surface area contributed by atoms with Gasteiger partial charge in [0, 0.05) is 24.5 Å². The maximum Gasteiger partial charge on any atom is 0.137 e. The van der Waals surface area contributed by atoms with E-state index in [2.05, 4.69) is 60.3 Å². The van der Waals surface area contributed by atoms with E-state index >= 15 is 0 Å². The number of nitrogens with one attached hydrogen (secondary N) is 1. The number of aliphatic hydroxyl groups is 1. The lowest BCUT2D eigenvalue weighted by Crippen LogP contribution is -2.31. The second-order valence-corrected chi connectivity index (χ2v) is 7.23. The van der Waals surface area contributed by atoms with Crippen LogP contribution < -0.4 is 5.32 Å². The number of aryl methyl sites for hydroxylation is 1. The SMILES string of the molecule is Cc1ccc2ncnc(NCC(c3ccccc3)C(C)(C)CO)c2c1. The lowest BCUT2D eigenvalue weighted by atomic mass is 9.75. The summed E-state index contributed by atoms with van der Waals surface area (Å²) in [6.07, 6.45) is 1.59. The average molecular weight is 335 g/mol. The van der Waals surface area contributed by atoms with E-state index in [0.717, 1.165) is 16.7 Å². The molecule has 1 atom stereocenters. The van der Waals surface area contributed by atoms with Gasteiger partial charge in [0.15, 0.2) is 0 Å². The molecule has 0 saturated carbocycles. The van der Waals surface area contributed by atoms with Crippen LogP contribution in [0.25, 0.3) is 10.9 Å². The van der Waals surface area contributed by atoms with Gasteiger partial charge in [-0.15, -0.1) is 0 Å². The smallest absolute Gasteiger partial charge is 0.137 e. The van der Waals surface area contributed by atoms with Crippen LogP contribution in [-0.2, 0) is 0 Å². The van der Waals surface area contributed by atoms with E-state index in [0.29, 0.717) is 6.54 Å². The summed E-state index contributed by atoms with van der Waals surface area (Å²) in [4.78, 5) is 8.78. The zero-order valence-corrected chi connectivity index (χ0v) is 15.0. The van der Waals surface area contributed by atoms with Crippen molar-refractivity contribution in [3.63, 3.8) is 0 Å². The zero-order valence-electron chi connectivity index (χ0n) is 15.0. The van der Waals surface area contributed by atoms with Crippen molar-refractivity contribution < 1.29 is 5.11 Å². The maximum absolute atomic E-state index is 9.88. The minimum atomic E-state index is -0.243. The Kier molecular flexibility index (Phi) is 5.00. The highest BCUT2D eigenvalue weighted by molar-refractivity contribution is 5.89. The predicted molar refractivity (Wildman–Crippen MR) is 103 cm³/mol. The number of benzene rings is 2. The first-order chi connectivity index (χ1) is 12.0. The molecule has 1 heterocycles. The van der Waals surface area contributed by atoms with Crippen LogP contribution in [0.5, 0.6) is 0 Å². The molecule has 0 aliphatic heterocycles. The van der Waals surface area contributed by atoms with Gasteiger partial charge < -0.3 is 10.4 Å². The molecule has 2 N–H and O–H groups in total. The van der Waals surface area contributed by atoms with Gasteiger partial charge in [-0.05, 0) is 30.0 Å². The third kappa shape index (κ3) is 3.80. The number of hydrogen-bond acceptors (Lipinski definition) is 4.